The maximum Gasteiger partial charge on any atom is 0.250 e. The van der Waals surface area contributed by atoms with Gasteiger partial charge in [-0.2, -0.15) is 5.10 Å². The molecule has 0 aliphatic heterocycles. The van der Waals surface area contributed by atoms with Crippen LogP contribution in [0.3, 0.4) is 0 Å². The standard InChI is InChI=1S/C16H18N4O5S/c1-16(10-26(23)24,15(21)19-22)6-7-20-9-11(8-17-20)14-18-12-4-2-3-5-13(12)25-14/h2-5,8-9,22,26H,6-7,10H2,1H3,(H,19,21)/t16-/m0/s1. The van der Waals surface area contributed by atoms with E-state index in [1.807, 2.05) is 24.3 Å². The van der Waals surface area contributed by atoms with Gasteiger partial charge in [-0.05, 0) is 25.5 Å². The summed E-state index contributed by atoms with van der Waals surface area (Å²) >= 11 is 0. The molecule has 0 bridgehead atoms. The average molecular weight is 378 g/mol. The minimum absolute atomic E-state index is 0.178. The van der Waals surface area contributed by atoms with E-state index in [9.17, 15) is 13.2 Å². The summed E-state index contributed by atoms with van der Waals surface area (Å²) in [5.41, 5.74) is 2.35. The summed E-state index contributed by atoms with van der Waals surface area (Å²) in [5.74, 6) is -0.687. The Labute approximate surface area is 150 Å². The predicted octanol–water partition coefficient (Wildman–Crippen LogP) is 1.20. The second kappa shape index (κ2) is 7.26. The van der Waals surface area contributed by atoms with Crippen LogP contribution in [0.5, 0.6) is 0 Å². The second-order valence-corrected chi connectivity index (χ2v) is 7.20. The van der Waals surface area contributed by atoms with E-state index < -0.39 is 22.0 Å². The second-order valence-electron chi connectivity index (χ2n) is 6.22. The summed E-state index contributed by atoms with van der Waals surface area (Å²) in [7, 11) is -2.78. The molecule has 26 heavy (non-hydrogen) atoms. The monoisotopic (exact) mass is 378 g/mol. The topological polar surface area (TPSA) is 127 Å². The number of para-hydroxylation sites is 2. The van der Waals surface area contributed by atoms with E-state index in [4.69, 9.17) is 9.62 Å². The number of thiol groups is 1. The summed E-state index contributed by atoms with van der Waals surface area (Å²) in [6, 6.07) is 7.38. The van der Waals surface area contributed by atoms with Gasteiger partial charge in [0.05, 0.1) is 22.9 Å². The number of rotatable bonds is 7. The first-order valence-electron chi connectivity index (χ1n) is 7.86. The molecule has 10 heteroatoms. The Morgan fingerprint density at radius 1 is 1.38 bits per heavy atom. The van der Waals surface area contributed by atoms with E-state index in [2.05, 4.69) is 10.1 Å². The van der Waals surface area contributed by atoms with E-state index in [1.54, 1.807) is 17.1 Å². The number of carbonyl (C=O) groups is 1. The molecule has 0 saturated heterocycles. The zero-order valence-electron chi connectivity index (χ0n) is 14.0. The van der Waals surface area contributed by atoms with Crippen LogP contribution in [0.1, 0.15) is 13.3 Å². The van der Waals surface area contributed by atoms with Crippen LogP contribution in [-0.4, -0.2) is 40.0 Å². The number of aromatic nitrogens is 3. The Morgan fingerprint density at radius 2 is 2.15 bits per heavy atom. The highest BCUT2D eigenvalue weighted by Crippen LogP contribution is 2.25. The zero-order chi connectivity index (χ0) is 18.7. The van der Waals surface area contributed by atoms with Crippen molar-refractivity contribution in [3.05, 3.63) is 36.7 Å². The lowest BCUT2D eigenvalue weighted by atomic mass is 9.88. The Bertz CT molecular complexity index is 968. The molecule has 138 valence electrons. The Kier molecular flexibility index (Phi) is 5.05. The minimum Gasteiger partial charge on any atom is -0.436 e. The third kappa shape index (κ3) is 3.75. The van der Waals surface area contributed by atoms with Crippen molar-refractivity contribution in [1.82, 2.24) is 20.2 Å². The summed E-state index contributed by atoms with van der Waals surface area (Å²) in [4.78, 5) is 16.2. The van der Waals surface area contributed by atoms with Crippen LogP contribution < -0.4 is 5.48 Å². The Hall–Kier alpha value is -2.72. The normalized spacial score (nSPS) is 13.8. The highest BCUT2D eigenvalue weighted by atomic mass is 32.2. The lowest BCUT2D eigenvalue weighted by molar-refractivity contribution is -0.138. The van der Waals surface area contributed by atoms with Gasteiger partial charge in [0.2, 0.25) is 11.8 Å². The summed E-state index contributed by atoms with van der Waals surface area (Å²) in [6.07, 6.45) is 3.47. The number of hydrogen-bond acceptors (Lipinski definition) is 7. The van der Waals surface area contributed by atoms with Crippen molar-refractivity contribution in [2.75, 3.05) is 5.75 Å². The van der Waals surface area contributed by atoms with Gasteiger partial charge < -0.3 is 4.42 Å². The average Bonchev–Trinajstić information content (AvgIpc) is 3.25. The molecular weight excluding hydrogens is 360 g/mol. The van der Waals surface area contributed by atoms with Crippen LogP contribution in [0.25, 0.3) is 22.6 Å². The number of nitrogens with zero attached hydrogens (tertiary/aromatic N) is 3. The molecular formula is C16H18N4O5S. The number of carbonyl (C=O) groups excluding carboxylic acids is 1. The first-order valence-corrected chi connectivity index (χ1v) is 9.22. The van der Waals surface area contributed by atoms with Crippen LogP contribution in [0.15, 0.2) is 41.1 Å². The molecule has 0 unspecified atom stereocenters. The van der Waals surface area contributed by atoms with Gasteiger partial charge >= 0.3 is 0 Å². The van der Waals surface area contributed by atoms with Crippen molar-refractivity contribution < 1.29 is 22.8 Å². The van der Waals surface area contributed by atoms with Gasteiger partial charge in [0.25, 0.3) is 0 Å². The number of nitrogens with one attached hydrogen (secondary N) is 1. The number of amides is 1. The fourth-order valence-electron chi connectivity index (χ4n) is 2.64. The smallest absolute Gasteiger partial charge is 0.250 e. The van der Waals surface area contributed by atoms with E-state index in [1.165, 1.54) is 12.4 Å². The van der Waals surface area contributed by atoms with Gasteiger partial charge in [0, 0.05) is 12.7 Å². The Balaban J connectivity index is 1.76. The van der Waals surface area contributed by atoms with E-state index in [0.717, 1.165) is 5.52 Å². The van der Waals surface area contributed by atoms with Crippen molar-refractivity contribution in [3.8, 4) is 11.5 Å². The molecule has 0 radical (unpaired) electrons. The van der Waals surface area contributed by atoms with Crippen LogP contribution in [-0.2, 0) is 22.0 Å². The summed E-state index contributed by atoms with van der Waals surface area (Å²) in [6.45, 7) is 1.77. The molecule has 0 spiro atoms. The summed E-state index contributed by atoms with van der Waals surface area (Å²) in [5, 5.41) is 13.1. The molecule has 0 aliphatic carbocycles. The van der Waals surface area contributed by atoms with E-state index >= 15 is 0 Å². The largest absolute Gasteiger partial charge is 0.436 e. The molecule has 0 aliphatic rings. The number of benzene rings is 1. The van der Waals surface area contributed by atoms with Crippen molar-refractivity contribution in [2.45, 2.75) is 19.9 Å². The van der Waals surface area contributed by atoms with Crippen LogP contribution in [0, 0.1) is 5.41 Å². The first-order chi connectivity index (χ1) is 12.4. The third-order valence-electron chi connectivity index (χ3n) is 4.19. The van der Waals surface area contributed by atoms with Gasteiger partial charge in [0.1, 0.15) is 16.2 Å². The number of aryl methyl sites for hydroxylation is 1. The molecule has 1 amide bonds. The maximum absolute atomic E-state index is 11.8. The maximum atomic E-state index is 11.8. The molecule has 3 aromatic rings. The third-order valence-corrected chi connectivity index (χ3v) is 5.15. The first kappa shape index (κ1) is 18.1. The zero-order valence-corrected chi connectivity index (χ0v) is 14.8. The highest BCUT2D eigenvalue weighted by Gasteiger charge is 2.34. The lowest BCUT2D eigenvalue weighted by Crippen LogP contribution is -2.41. The van der Waals surface area contributed by atoms with Crippen molar-refractivity contribution >= 4 is 27.7 Å². The van der Waals surface area contributed by atoms with Gasteiger partial charge in [-0.15, -0.1) is 0 Å². The molecule has 0 fully saturated rings. The highest BCUT2D eigenvalue weighted by molar-refractivity contribution is 7.72. The quantitative estimate of drug-likeness (QED) is 0.320. The molecule has 2 heterocycles. The van der Waals surface area contributed by atoms with Gasteiger partial charge in [-0.25, -0.2) is 18.9 Å². The molecule has 1 atom stereocenters. The number of oxazole rings is 1. The van der Waals surface area contributed by atoms with Gasteiger partial charge in [0.15, 0.2) is 5.58 Å². The van der Waals surface area contributed by atoms with Crippen molar-refractivity contribution in [2.24, 2.45) is 5.41 Å². The minimum atomic E-state index is -2.78. The van der Waals surface area contributed by atoms with Crippen molar-refractivity contribution in [1.29, 1.82) is 0 Å². The molecule has 2 N–H and O–H groups in total. The molecule has 0 saturated carbocycles. The predicted molar refractivity (Wildman–Crippen MR) is 93.1 cm³/mol. The van der Waals surface area contributed by atoms with Crippen LogP contribution in [0.2, 0.25) is 0 Å². The van der Waals surface area contributed by atoms with Crippen LogP contribution >= 0.6 is 0 Å². The van der Waals surface area contributed by atoms with E-state index in [0.29, 0.717) is 17.0 Å². The molecule has 1 aromatic carbocycles. The number of hydroxylamine groups is 1. The fraction of sp³-hybridized carbons (Fsp3) is 0.312. The van der Waals surface area contributed by atoms with E-state index in [-0.39, 0.29) is 18.7 Å². The van der Waals surface area contributed by atoms with Gasteiger partial charge in [-0.1, -0.05) is 12.1 Å². The fourth-order valence-corrected chi connectivity index (χ4v) is 3.51. The van der Waals surface area contributed by atoms with Crippen LogP contribution in [0.4, 0.5) is 0 Å². The number of hydrogen-bond donors (Lipinski definition) is 3. The molecule has 3 rings (SSSR count). The molecule has 2 aromatic heterocycles. The van der Waals surface area contributed by atoms with Gasteiger partial charge in [-0.3, -0.25) is 14.7 Å². The SMILES string of the molecule is C[C@](CCn1cc(-c2nc3ccccc3o2)cn1)(C[SH](=O)=O)C(=O)NO. The number of fused-ring (bicyclic) bond motifs is 1. The lowest BCUT2D eigenvalue weighted by Gasteiger charge is -2.24. The Morgan fingerprint density at radius 3 is 2.85 bits per heavy atom. The molecule has 9 nitrogen and oxygen atoms in total. The summed E-state index contributed by atoms with van der Waals surface area (Å²) < 4.78 is 29.4. The van der Waals surface area contributed by atoms with Crippen molar-refractivity contribution in [3.63, 3.8) is 0 Å².